The number of benzene rings is 1. The molecule has 1 heterocycles. The highest BCUT2D eigenvalue weighted by molar-refractivity contribution is 5.39. The summed E-state index contributed by atoms with van der Waals surface area (Å²) in [6, 6.07) is 5.61. The lowest BCUT2D eigenvalue weighted by molar-refractivity contribution is -0.274. The third kappa shape index (κ3) is 2.79. The first kappa shape index (κ1) is 12.4. The highest BCUT2D eigenvalue weighted by Gasteiger charge is 2.31. The predicted octanol–water partition coefficient (Wildman–Crippen LogP) is 2.73. The molecule has 0 aliphatic rings. The molecule has 4 nitrogen and oxygen atoms in total. The van der Waals surface area contributed by atoms with Gasteiger partial charge in [0.25, 0.3) is 0 Å². The zero-order valence-electron chi connectivity index (χ0n) is 9.48. The lowest BCUT2D eigenvalue weighted by Gasteiger charge is -2.10. The van der Waals surface area contributed by atoms with Crippen LogP contribution in [0.2, 0.25) is 0 Å². The van der Waals surface area contributed by atoms with Crippen LogP contribution in [0.5, 0.6) is 5.75 Å². The van der Waals surface area contributed by atoms with Gasteiger partial charge in [0.1, 0.15) is 5.75 Å². The van der Waals surface area contributed by atoms with Gasteiger partial charge in [-0.3, -0.25) is 0 Å². The van der Waals surface area contributed by atoms with Crippen molar-refractivity contribution in [2.45, 2.75) is 19.7 Å². The summed E-state index contributed by atoms with van der Waals surface area (Å²) in [7, 11) is 0. The molecule has 0 amide bonds. The van der Waals surface area contributed by atoms with E-state index in [1.807, 2.05) is 6.92 Å². The van der Waals surface area contributed by atoms with Crippen molar-refractivity contribution >= 4 is 0 Å². The minimum absolute atomic E-state index is 0.280. The third-order valence-electron chi connectivity index (χ3n) is 2.28. The smallest absolute Gasteiger partial charge is 0.406 e. The molecule has 0 spiro atoms. The summed E-state index contributed by atoms with van der Waals surface area (Å²) < 4.78 is 41.6. The van der Waals surface area contributed by atoms with Crippen LogP contribution in [0.25, 0.3) is 5.69 Å². The molecular weight excluding hydrogens is 247 g/mol. The Bertz CT molecular complexity index is 536. The molecule has 96 valence electrons. The van der Waals surface area contributed by atoms with Crippen molar-refractivity contribution in [2.24, 2.45) is 0 Å². The lowest BCUT2D eigenvalue weighted by Crippen LogP contribution is -2.17. The Morgan fingerprint density at radius 1 is 1.33 bits per heavy atom. The van der Waals surface area contributed by atoms with E-state index in [4.69, 9.17) is 0 Å². The van der Waals surface area contributed by atoms with Gasteiger partial charge in [0, 0.05) is 6.07 Å². The van der Waals surface area contributed by atoms with Gasteiger partial charge in [0.2, 0.25) is 0 Å². The average molecular weight is 257 g/mol. The van der Waals surface area contributed by atoms with Crippen LogP contribution in [0, 0.1) is 0 Å². The minimum Gasteiger partial charge on any atom is -0.406 e. The van der Waals surface area contributed by atoms with E-state index in [0.29, 0.717) is 12.1 Å². The number of rotatable bonds is 3. The Labute approximate surface area is 101 Å². The van der Waals surface area contributed by atoms with Crippen molar-refractivity contribution in [3.05, 3.63) is 36.2 Å². The second-order valence-corrected chi connectivity index (χ2v) is 3.54. The summed E-state index contributed by atoms with van der Waals surface area (Å²) in [5, 5.41) is 7.55. The van der Waals surface area contributed by atoms with E-state index in [1.165, 1.54) is 22.9 Å². The highest BCUT2D eigenvalue weighted by Crippen LogP contribution is 2.24. The Morgan fingerprint density at radius 3 is 2.78 bits per heavy atom. The van der Waals surface area contributed by atoms with Gasteiger partial charge >= 0.3 is 6.36 Å². The summed E-state index contributed by atoms with van der Waals surface area (Å²) in [6.07, 6.45) is -2.46. The zero-order valence-corrected chi connectivity index (χ0v) is 9.48. The van der Waals surface area contributed by atoms with Crippen molar-refractivity contribution in [2.75, 3.05) is 0 Å². The number of aryl methyl sites for hydroxylation is 1. The second-order valence-electron chi connectivity index (χ2n) is 3.54. The lowest BCUT2D eigenvalue weighted by atomic mass is 10.3. The number of alkyl halides is 3. The number of hydrogen-bond donors (Lipinski definition) is 0. The fourth-order valence-corrected chi connectivity index (χ4v) is 1.53. The molecular formula is C11H10F3N3O. The molecule has 0 fully saturated rings. The van der Waals surface area contributed by atoms with Crippen LogP contribution >= 0.6 is 0 Å². The largest absolute Gasteiger partial charge is 0.573 e. The monoisotopic (exact) mass is 257 g/mol. The molecule has 0 atom stereocenters. The van der Waals surface area contributed by atoms with Gasteiger partial charge in [-0.25, -0.2) is 4.68 Å². The first-order chi connectivity index (χ1) is 8.49. The molecule has 2 aromatic rings. The Balaban J connectivity index is 2.33. The van der Waals surface area contributed by atoms with Crippen molar-refractivity contribution < 1.29 is 17.9 Å². The zero-order chi connectivity index (χ0) is 13.2. The van der Waals surface area contributed by atoms with Crippen molar-refractivity contribution in [1.82, 2.24) is 15.0 Å². The fraction of sp³-hybridized carbons (Fsp3) is 0.273. The van der Waals surface area contributed by atoms with Crippen molar-refractivity contribution in [3.63, 3.8) is 0 Å². The van der Waals surface area contributed by atoms with Crippen LogP contribution in [0.4, 0.5) is 13.2 Å². The molecule has 0 radical (unpaired) electrons. The summed E-state index contributed by atoms with van der Waals surface area (Å²) in [4.78, 5) is 0. The van der Waals surface area contributed by atoms with Crippen molar-refractivity contribution in [1.29, 1.82) is 0 Å². The molecule has 2 rings (SSSR count). The van der Waals surface area contributed by atoms with Crippen LogP contribution in [0.3, 0.4) is 0 Å². The first-order valence-corrected chi connectivity index (χ1v) is 5.25. The fourth-order valence-electron chi connectivity index (χ4n) is 1.53. The summed E-state index contributed by atoms with van der Waals surface area (Å²) in [6.45, 7) is 1.91. The third-order valence-corrected chi connectivity index (χ3v) is 2.28. The van der Waals surface area contributed by atoms with Crippen LogP contribution in [-0.2, 0) is 6.42 Å². The molecule has 0 bridgehead atoms. The number of aromatic nitrogens is 3. The van der Waals surface area contributed by atoms with Gasteiger partial charge in [-0.1, -0.05) is 18.2 Å². The number of hydrogen-bond acceptors (Lipinski definition) is 3. The Kier molecular flexibility index (Phi) is 3.22. The molecule has 18 heavy (non-hydrogen) atoms. The molecule has 0 aliphatic carbocycles. The maximum Gasteiger partial charge on any atom is 0.573 e. The average Bonchev–Trinajstić information content (AvgIpc) is 2.75. The summed E-state index contributed by atoms with van der Waals surface area (Å²) >= 11 is 0. The molecule has 1 aromatic carbocycles. The van der Waals surface area contributed by atoms with E-state index in [-0.39, 0.29) is 5.75 Å². The maximum absolute atomic E-state index is 12.1. The SMILES string of the molecule is CCc1cnnn1-c1cccc(OC(F)(F)F)c1. The summed E-state index contributed by atoms with van der Waals surface area (Å²) in [5.41, 5.74) is 1.28. The summed E-state index contributed by atoms with van der Waals surface area (Å²) in [5.74, 6) is -0.280. The first-order valence-electron chi connectivity index (χ1n) is 5.25. The minimum atomic E-state index is -4.70. The standard InChI is InChI=1S/C11H10F3N3O/c1-2-8-7-15-16-17(8)9-4-3-5-10(6-9)18-11(12,13)14/h3-7H,2H2,1H3. The molecule has 0 N–H and O–H groups in total. The van der Waals surface area contributed by atoms with Gasteiger partial charge in [-0.05, 0) is 18.6 Å². The molecule has 0 aliphatic heterocycles. The quantitative estimate of drug-likeness (QED) is 0.848. The van der Waals surface area contributed by atoms with Crippen LogP contribution < -0.4 is 4.74 Å². The van der Waals surface area contributed by atoms with Gasteiger partial charge in [-0.2, -0.15) is 0 Å². The van der Waals surface area contributed by atoms with E-state index < -0.39 is 6.36 Å². The van der Waals surface area contributed by atoms with Gasteiger partial charge < -0.3 is 4.74 Å². The molecule has 0 unspecified atom stereocenters. The molecule has 1 aromatic heterocycles. The van der Waals surface area contributed by atoms with Crippen LogP contribution in [0.1, 0.15) is 12.6 Å². The highest BCUT2D eigenvalue weighted by atomic mass is 19.4. The van der Waals surface area contributed by atoms with E-state index >= 15 is 0 Å². The molecule has 0 saturated carbocycles. The number of halogens is 3. The van der Waals surface area contributed by atoms with E-state index in [2.05, 4.69) is 15.0 Å². The van der Waals surface area contributed by atoms with Gasteiger partial charge in [0.05, 0.1) is 17.6 Å². The second kappa shape index (κ2) is 4.67. The normalized spacial score (nSPS) is 11.6. The molecule has 0 saturated heterocycles. The predicted molar refractivity (Wildman–Crippen MR) is 57.4 cm³/mol. The Hall–Kier alpha value is -2.05. The van der Waals surface area contributed by atoms with E-state index in [0.717, 1.165) is 5.69 Å². The Morgan fingerprint density at radius 2 is 2.11 bits per heavy atom. The van der Waals surface area contributed by atoms with Crippen LogP contribution in [0.15, 0.2) is 30.5 Å². The molecule has 7 heteroatoms. The van der Waals surface area contributed by atoms with E-state index in [9.17, 15) is 13.2 Å². The van der Waals surface area contributed by atoms with Crippen molar-refractivity contribution in [3.8, 4) is 11.4 Å². The van der Waals surface area contributed by atoms with Crippen LogP contribution in [-0.4, -0.2) is 21.4 Å². The number of ether oxygens (including phenoxy) is 1. The van der Waals surface area contributed by atoms with Gasteiger partial charge in [0.15, 0.2) is 0 Å². The van der Waals surface area contributed by atoms with Gasteiger partial charge in [-0.15, -0.1) is 18.3 Å². The number of nitrogens with zero attached hydrogens (tertiary/aromatic N) is 3. The van der Waals surface area contributed by atoms with E-state index in [1.54, 1.807) is 12.3 Å². The maximum atomic E-state index is 12.1. The topological polar surface area (TPSA) is 39.9 Å².